The highest BCUT2D eigenvalue weighted by molar-refractivity contribution is 5.79. The molecule has 28 heavy (non-hydrogen) atoms. The van der Waals surface area contributed by atoms with Gasteiger partial charge in [-0.05, 0) is 24.0 Å². The lowest BCUT2D eigenvalue weighted by Crippen LogP contribution is -2.47. The van der Waals surface area contributed by atoms with Crippen LogP contribution < -0.4 is 4.90 Å². The van der Waals surface area contributed by atoms with Crippen molar-refractivity contribution < 1.29 is 24.9 Å². The molecule has 4 rings (SSSR count). The Kier molecular flexibility index (Phi) is 6.11. The van der Waals surface area contributed by atoms with Crippen molar-refractivity contribution in [2.24, 2.45) is 10.9 Å². The Labute approximate surface area is 163 Å². The summed E-state index contributed by atoms with van der Waals surface area (Å²) in [6.07, 6.45) is 4.89. The first kappa shape index (κ1) is 20.0. The van der Waals surface area contributed by atoms with Crippen molar-refractivity contribution in [2.75, 3.05) is 11.4 Å². The number of para-hydroxylation sites is 1. The van der Waals surface area contributed by atoms with Gasteiger partial charge in [-0.25, -0.2) is 4.79 Å². The Balaban J connectivity index is 0.000000215. The first-order valence-electron chi connectivity index (χ1n) is 9.29. The molecule has 8 heteroatoms. The van der Waals surface area contributed by atoms with Crippen LogP contribution in [0.25, 0.3) is 0 Å². The van der Waals surface area contributed by atoms with Gasteiger partial charge in [-0.2, -0.15) is 0 Å². The van der Waals surface area contributed by atoms with Crippen LogP contribution in [-0.4, -0.2) is 63.1 Å². The number of carboxylic acids is 2. The fraction of sp³-hybridized carbons (Fsp3) is 0.450. The molecular weight excluding hydrogens is 362 g/mol. The quantitative estimate of drug-likeness (QED) is 0.721. The van der Waals surface area contributed by atoms with Crippen molar-refractivity contribution in [3.8, 4) is 0 Å². The van der Waals surface area contributed by atoms with Crippen LogP contribution in [0, 0.1) is 5.92 Å². The van der Waals surface area contributed by atoms with Gasteiger partial charge >= 0.3 is 11.9 Å². The van der Waals surface area contributed by atoms with Crippen molar-refractivity contribution in [3.05, 3.63) is 42.2 Å². The van der Waals surface area contributed by atoms with Crippen LogP contribution >= 0.6 is 0 Å². The van der Waals surface area contributed by atoms with Crippen LogP contribution in [0.1, 0.15) is 25.3 Å². The number of fused-ring (bicyclic) bond motifs is 5. The Morgan fingerprint density at radius 2 is 2.04 bits per heavy atom. The summed E-state index contributed by atoms with van der Waals surface area (Å²) in [4.78, 5) is 28.8. The van der Waals surface area contributed by atoms with Crippen molar-refractivity contribution >= 4 is 23.8 Å². The number of aliphatic hydroxyl groups excluding tert-OH is 1. The van der Waals surface area contributed by atoms with E-state index in [1.165, 1.54) is 24.2 Å². The van der Waals surface area contributed by atoms with Gasteiger partial charge in [0.25, 0.3) is 0 Å². The summed E-state index contributed by atoms with van der Waals surface area (Å²) in [5, 5.41) is 24.1. The van der Waals surface area contributed by atoms with Crippen molar-refractivity contribution in [2.45, 2.75) is 44.5 Å². The molecule has 0 aromatic heterocycles. The Morgan fingerprint density at radius 3 is 2.71 bits per heavy atom. The SMILES string of the molecule is CC1CC2C3C=NC=CN3c3ccccc3CN2C1.O=C(O)CC(O)C(=O)O. The van der Waals surface area contributed by atoms with E-state index in [2.05, 4.69) is 58.4 Å². The van der Waals surface area contributed by atoms with Gasteiger partial charge in [0.15, 0.2) is 6.10 Å². The van der Waals surface area contributed by atoms with Gasteiger partial charge in [0.1, 0.15) is 0 Å². The number of hydrogen-bond donors (Lipinski definition) is 3. The van der Waals surface area contributed by atoms with E-state index >= 15 is 0 Å². The number of anilines is 1. The minimum Gasteiger partial charge on any atom is -0.481 e. The lowest BCUT2D eigenvalue weighted by molar-refractivity contribution is -0.152. The van der Waals surface area contributed by atoms with Crippen LogP contribution in [0.15, 0.2) is 41.7 Å². The second kappa shape index (κ2) is 8.53. The van der Waals surface area contributed by atoms with E-state index in [1.54, 1.807) is 0 Å². The molecule has 1 saturated heterocycles. The van der Waals surface area contributed by atoms with E-state index in [9.17, 15) is 9.59 Å². The molecule has 3 aliphatic heterocycles. The second-order valence-corrected chi connectivity index (χ2v) is 7.41. The third-order valence-corrected chi connectivity index (χ3v) is 5.22. The number of rotatable bonds is 3. The Morgan fingerprint density at radius 1 is 1.29 bits per heavy atom. The monoisotopic (exact) mass is 387 g/mol. The molecule has 3 heterocycles. The predicted octanol–water partition coefficient (Wildman–Crippen LogP) is 1.55. The average molecular weight is 387 g/mol. The molecule has 0 spiro atoms. The molecule has 150 valence electrons. The molecule has 0 radical (unpaired) electrons. The van der Waals surface area contributed by atoms with Crippen LogP contribution in [0.2, 0.25) is 0 Å². The number of carbonyl (C=O) groups is 2. The van der Waals surface area contributed by atoms with Crippen LogP contribution in [0.4, 0.5) is 5.69 Å². The first-order chi connectivity index (χ1) is 13.4. The molecule has 4 unspecified atom stereocenters. The van der Waals surface area contributed by atoms with E-state index in [4.69, 9.17) is 15.3 Å². The summed E-state index contributed by atoms with van der Waals surface area (Å²) in [5.41, 5.74) is 2.78. The molecule has 8 nitrogen and oxygen atoms in total. The summed E-state index contributed by atoms with van der Waals surface area (Å²) < 4.78 is 0. The molecule has 4 atom stereocenters. The minimum atomic E-state index is -1.79. The number of aliphatic carboxylic acids is 2. The molecule has 1 fully saturated rings. The van der Waals surface area contributed by atoms with Gasteiger partial charge in [0, 0.05) is 43.4 Å². The summed E-state index contributed by atoms with van der Waals surface area (Å²) in [6, 6.07) is 9.76. The number of aliphatic imine (C=N–C) groups is 1. The van der Waals surface area contributed by atoms with E-state index in [0.29, 0.717) is 12.1 Å². The maximum absolute atomic E-state index is 9.72. The predicted molar refractivity (Wildman–Crippen MR) is 104 cm³/mol. The number of hydrogen-bond acceptors (Lipinski definition) is 6. The lowest BCUT2D eigenvalue weighted by atomic mass is 10.0. The van der Waals surface area contributed by atoms with Gasteiger partial charge in [-0.3, -0.25) is 14.7 Å². The van der Waals surface area contributed by atoms with E-state index in [1.807, 2.05) is 6.20 Å². The van der Waals surface area contributed by atoms with E-state index < -0.39 is 24.5 Å². The third-order valence-electron chi connectivity index (χ3n) is 5.22. The van der Waals surface area contributed by atoms with Gasteiger partial charge in [0.05, 0.1) is 12.5 Å². The zero-order valence-electron chi connectivity index (χ0n) is 15.7. The van der Waals surface area contributed by atoms with Gasteiger partial charge < -0.3 is 20.2 Å². The number of carboxylic acid groups (broad SMARTS) is 2. The maximum atomic E-state index is 9.72. The van der Waals surface area contributed by atoms with Gasteiger partial charge in [-0.1, -0.05) is 25.1 Å². The zero-order valence-corrected chi connectivity index (χ0v) is 15.7. The second-order valence-electron chi connectivity index (χ2n) is 7.41. The molecule has 0 amide bonds. The minimum absolute atomic E-state index is 0.388. The summed E-state index contributed by atoms with van der Waals surface area (Å²) in [6.45, 7) is 4.64. The molecule has 1 aromatic rings. The molecule has 3 N–H and O–H groups in total. The summed E-state index contributed by atoms with van der Waals surface area (Å²) >= 11 is 0. The fourth-order valence-corrected chi connectivity index (χ4v) is 4.02. The molecule has 0 bridgehead atoms. The summed E-state index contributed by atoms with van der Waals surface area (Å²) in [7, 11) is 0. The molecule has 3 aliphatic rings. The van der Waals surface area contributed by atoms with Crippen molar-refractivity contribution in [1.82, 2.24) is 4.90 Å². The molecule has 1 aromatic carbocycles. The van der Waals surface area contributed by atoms with E-state index in [-0.39, 0.29) is 0 Å². The zero-order chi connectivity index (χ0) is 20.3. The molecule has 0 saturated carbocycles. The largest absolute Gasteiger partial charge is 0.481 e. The highest BCUT2D eigenvalue weighted by Crippen LogP contribution is 2.37. The Bertz CT molecular complexity index is 794. The van der Waals surface area contributed by atoms with Gasteiger partial charge in [0.2, 0.25) is 0 Å². The smallest absolute Gasteiger partial charge is 0.333 e. The number of nitrogens with zero attached hydrogens (tertiary/aromatic N) is 3. The third kappa shape index (κ3) is 4.40. The molecular formula is C20H25N3O5. The highest BCUT2D eigenvalue weighted by atomic mass is 16.4. The average Bonchev–Trinajstić information content (AvgIpc) is 2.96. The normalized spacial score (nSPS) is 26.2. The summed E-state index contributed by atoms with van der Waals surface area (Å²) in [5.74, 6) is -2.06. The topological polar surface area (TPSA) is 114 Å². The van der Waals surface area contributed by atoms with Crippen LogP contribution in [-0.2, 0) is 16.1 Å². The highest BCUT2D eigenvalue weighted by Gasteiger charge is 2.40. The van der Waals surface area contributed by atoms with Crippen LogP contribution in [0.5, 0.6) is 0 Å². The van der Waals surface area contributed by atoms with Crippen molar-refractivity contribution in [3.63, 3.8) is 0 Å². The van der Waals surface area contributed by atoms with Crippen molar-refractivity contribution in [1.29, 1.82) is 0 Å². The van der Waals surface area contributed by atoms with Crippen LogP contribution in [0.3, 0.4) is 0 Å². The fourth-order valence-electron chi connectivity index (χ4n) is 4.02. The number of aliphatic hydroxyl groups is 1. The van der Waals surface area contributed by atoms with Gasteiger partial charge in [-0.15, -0.1) is 0 Å². The molecule has 0 aliphatic carbocycles. The lowest BCUT2D eigenvalue weighted by Gasteiger charge is -2.34. The Hall–Kier alpha value is -2.71. The van der Waals surface area contributed by atoms with E-state index in [0.717, 1.165) is 12.5 Å². The first-order valence-corrected chi connectivity index (χ1v) is 9.29. The maximum Gasteiger partial charge on any atom is 0.333 e. The standard InChI is InChI=1S/C16H19N3.C4H6O5/c1-12-8-15-16-9-17-6-7-19(16)14-5-3-2-4-13(14)11-18(15)10-12;5-2(4(8)9)1-3(6)7/h2-7,9,12,15-16H,8,10-11H2,1H3;2,5H,1H2,(H,6,7)(H,8,9). The number of benzene rings is 1.